The maximum absolute atomic E-state index is 10.6. The van der Waals surface area contributed by atoms with E-state index < -0.39 is 11.9 Å². The number of aliphatic carboxylic acids is 2. The summed E-state index contributed by atoms with van der Waals surface area (Å²) in [6.45, 7) is 0. The number of rotatable bonds is 35. The lowest BCUT2D eigenvalue weighted by atomic mass is 9.66. The first-order chi connectivity index (χ1) is 25.5. The van der Waals surface area contributed by atoms with Gasteiger partial charge in [-0.1, -0.05) is 176 Å². The van der Waals surface area contributed by atoms with Gasteiger partial charge in [0.15, 0.2) is 0 Å². The molecule has 0 atom stereocenters. The molecule has 0 heterocycles. The number of carboxylic acid groups (broad SMARTS) is 2. The number of carboxylic acids is 2. The van der Waals surface area contributed by atoms with Gasteiger partial charge in [0.2, 0.25) is 0 Å². The molecule has 0 unspecified atom stereocenters. The highest BCUT2D eigenvalue weighted by Gasteiger charge is 2.34. The summed E-state index contributed by atoms with van der Waals surface area (Å²) in [4.78, 5) is 21.1. The predicted octanol–water partition coefficient (Wildman–Crippen LogP) is 15.0. The highest BCUT2D eigenvalue weighted by Crippen LogP contribution is 2.49. The lowest BCUT2D eigenvalue weighted by Gasteiger charge is -2.38. The Kier molecular flexibility index (Phi) is 27.5. The van der Waals surface area contributed by atoms with Crippen molar-refractivity contribution < 1.29 is 19.8 Å². The van der Waals surface area contributed by atoms with Crippen LogP contribution in [0, 0.1) is 5.41 Å². The summed E-state index contributed by atoms with van der Waals surface area (Å²) < 4.78 is 0. The van der Waals surface area contributed by atoms with Crippen molar-refractivity contribution in [3.63, 3.8) is 0 Å². The molecule has 2 rings (SSSR count). The van der Waals surface area contributed by atoms with E-state index in [0.717, 1.165) is 51.4 Å². The molecule has 4 nitrogen and oxygen atoms in total. The third kappa shape index (κ3) is 23.6. The van der Waals surface area contributed by atoms with Crippen molar-refractivity contribution in [2.45, 2.75) is 199 Å². The molecule has 0 aliphatic heterocycles. The topological polar surface area (TPSA) is 74.6 Å². The van der Waals surface area contributed by atoms with Gasteiger partial charge in [-0.2, -0.15) is 0 Å². The van der Waals surface area contributed by atoms with E-state index in [9.17, 15) is 9.59 Å². The van der Waals surface area contributed by atoms with Gasteiger partial charge in [-0.15, -0.1) is 0 Å². The Morgan fingerprint density at radius 3 is 1.27 bits per heavy atom. The molecule has 52 heavy (non-hydrogen) atoms. The standard InChI is InChI=1S/C48H76O4/c49-46(50)39-30-23-19-15-11-7-3-1-5-9-13-17-21-25-33-41-48(43-35-32-38-45(48)44-36-28-27-29-37-44)42-34-26-22-18-14-10-6-2-4-8-12-16-20-24-31-40-47(51)52/h1-4,27-29,32,35-38H,5-26,30-31,33-34,39-43H2,(H,49,50)(H,51,52). The lowest BCUT2D eigenvalue weighted by molar-refractivity contribution is -0.138. The second kappa shape index (κ2) is 31.6. The van der Waals surface area contributed by atoms with E-state index in [-0.39, 0.29) is 5.41 Å². The van der Waals surface area contributed by atoms with E-state index >= 15 is 0 Å². The minimum Gasteiger partial charge on any atom is -0.481 e. The molecule has 0 spiro atoms. The van der Waals surface area contributed by atoms with Gasteiger partial charge in [-0.3, -0.25) is 9.59 Å². The minimum atomic E-state index is -0.670. The Labute approximate surface area is 319 Å². The fraction of sp³-hybridized carbons (Fsp3) is 0.667. The summed E-state index contributed by atoms with van der Waals surface area (Å²) in [5.41, 5.74) is 3.27. The third-order valence-corrected chi connectivity index (χ3v) is 11.0. The van der Waals surface area contributed by atoms with Crippen LogP contribution in [0.4, 0.5) is 0 Å². The molecule has 4 heteroatoms. The molecule has 2 N–H and O–H groups in total. The second-order valence-corrected chi connectivity index (χ2v) is 15.5. The lowest BCUT2D eigenvalue weighted by Crippen LogP contribution is -2.24. The first-order valence-electron chi connectivity index (χ1n) is 21.7. The van der Waals surface area contributed by atoms with Crippen LogP contribution in [0.15, 0.2) is 72.9 Å². The second-order valence-electron chi connectivity index (χ2n) is 15.5. The van der Waals surface area contributed by atoms with Gasteiger partial charge in [0, 0.05) is 12.8 Å². The average Bonchev–Trinajstić information content (AvgIpc) is 3.14. The van der Waals surface area contributed by atoms with E-state index in [4.69, 9.17) is 10.2 Å². The zero-order valence-corrected chi connectivity index (χ0v) is 33.1. The van der Waals surface area contributed by atoms with E-state index in [1.807, 2.05) is 0 Å². The van der Waals surface area contributed by atoms with Gasteiger partial charge in [-0.05, 0) is 100 Å². The van der Waals surface area contributed by atoms with Crippen LogP contribution < -0.4 is 0 Å². The van der Waals surface area contributed by atoms with Gasteiger partial charge in [0.1, 0.15) is 0 Å². The van der Waals surface area contributed by atoms with Crippen LogP contribution in [0.1, 0.15) is 205 Å². The SMILES string of the molecule is O=C(O)CCCCCCCC=CCCCCCCCCC1(CCCCCCCCC=CCCCCCCCC(=O)O)CC=CC=C1c1ccccc1. The fourth-order valence-electron chi connectivity index (χ4n) is 7.84. The molecule has 0 aromatic heterocycles. The first-order valence-corrected chi connectivity index (χ1v) is 21.7. The zero-order valence-electron chi connectivity index (χ0n) is 33.1. The summed E-state index contributed by atoms with van der Waals surface area (Å²) >= 11 is 0. The molecule has 292 valence electrons. The van der Waals surface area contributed by atoms with Crippen LogP contribution in [0.5, 0.6) is 0 Å². The van der Waals surface area contributed by atoms with Gasteiger partial charge in [-0.25, -0.2) is 0 Å². The van der Waals surface area contributed by atoms with Crippen LogP contribution in [-0.4, -0.2) is 22.2 Å². The number of benzene rings is 1. The largest absolute Gasteiger partial charge is 0.481 e. The van der Waals surface area contributed by atoms with E-state index in [0.29, 0.717) is 12.8 Å². The molecule has 1 aliphatic rings. The maximum atomic E-state index is 10.6. The van der Waals surface area contributed by atoms with Crippen molar-refractivity contribution in [3.8, 4) is 0 Å². The maximum Gasteiger partial charge on any atom is 0.303 e. The smallest absolute Gasteiger partial charge is 0.303 e. The van der Waals surface area contributed by atoms with Crippen LogP contribution in [0.2, 0.25) is 0 Å². The minimum absolute atomic E-state index is 0.280. The molecule has 0 saturated carbocycles. The highest BCUT2D eigenvalue weighted by atomic mass is 16.4. The van der Waals surface area contributed by atoms with E-state index in [1.165, 1.54) is 140 Å². The number of hydrogen-bond acceptors (Lipinski definition) is 2. The monoisotopic (exact) mass is 717 g/mol. The van der Waals surface area contributed by atoms with Gasteiger partial charge in [0.05, 0.1) is 0 Å². The van der Waals surface area contributed by atoms with Gasteiger partial charge < -0.3 is 10.2 Å². The third-order valence-electron chi connectivity index (χ3n) is 11.0. The Morgan fingerprint density at radius 2 is 0.865 bits per heavy atom. The van der Waals surface area contributed by atoms with E-state index in [1.54, 1.807) is 5.57 Å². The predicted molar refractivity (Wildman–Crippen MR) is 223 cm³/mol. The molecular formula is C48H76O4. The average molecular weight is 717 g/mol. The number of unbranched alkanes of at least 4 members (excludes halogenated alkanes) is 22. The zero-order chi connectivity index (χ0) is 37.2. The molecule has 0 bridgehead atoms. The quantitative estimate of drug-likeness (QED) is 0.0542. The van der Waals surface area contributed by atoms with Crippen molar-refractivity contribution in [2.75, 3.05) is 0 Å². The van der Waals surface area contributed by atoms with Crippen molar-refractivity contribution in [3.05, 3.63) is 78.4 Å². The van der Waals surface area contributed by atoms with Crippen LogP contribution in [-0.2, 0) is 9.59 Å². The van der Waals surface area contributed by atoms with Crippen molar-refractivity contribution in [2.24, 2.45) is 5.41 Å². The summed E-state index contributed by atoms with van der Waals surface area (Å²) in [5, 5.41) is 17.4. The van der Waals surface area contributed by atoms with E-state index in [2.05, 4.69) is 72.9 Å². The molecule has 0 fully saturated rings. The Balaban J connectivity index is 1.58. The van der Waals surface area contributed by atoms with Crippen LogP contribution in [0.3, 0.4) is 0 Å². The summed E-state index contributed by atoms with van der Waals surface area (Å²) in [5.74, 6) is -1.34. The van der Waals surface area contributed by atoms with Crippen molar-refractivity contribution in [1.29, 1.82) is 0 Å². The Hall–Kier alpha value is -2.88. The number of carbonyl (C=O) groups is 2. The Morgan fingerprint density at radius 1 is 0.500 bits per heavy atom. The molecule has 1 aromatic rings. The van der Waals surface area contributed by atoms with Crippen LogP contribution in [0.25, 0.3) is 5.57 Å². The summed E-state index contributed by atoms with van der Waals surface area (Å²) in [7, 11) is 0. The molecule has 0 radical (unpaired) electrons. The molecular weight excluding hydrogens is 641 g/mol. The molecule has 0 saturated heterocycles. The fourth-order valence-corrected chi connectivity index (χ4v) is 7.84. The first kappa shape index (κ1) is 45.3. The summed E-state index contributed by atoms with van der Waals surface area (Å²) in [6.07, 6.45) is 52.7. The van der Waals surface area contributed by atoms with Crippen LogP contribution >= 0.6 is 0 Å². The number of allylic oxidation sites excluding steroid dienone is 8. The van der Waals surface area contributed by atoms with Gasteiger partial charge in [0.25, 0.3) is 0 Å². The molecule has 1 aromatic carbocycles. The van der Waals surface area contributed by atoms with Crippen molar-refractivity contribution in [1.82, 2.24) is 0 Å². The molecule has 0 amide bonds. The molecule has 1 aliphatic carbocycles. The highest BCUT2D eigenvalue weighted by molar-refractivity contribution is 5.73. The van der Waals surface area contributed by atoms with Crippen molar-refractivity contribution >= 4 is 17.5 Å². The summed E-state index contributed by atoms with van der Waals surface area (Å²) in [6, 6.07) is 11.2. The Bertz CT molecular complexity index is 1090. The number of hydrogen-bond donors (Lipinski definition) is 2. The normalized spacial score (nSPS) is 15.9. The van der Waals surface area contributed by atoms with Gasteiger partial charge >= 0.3 is 11.9 Å².